The summed E-state index contributed by atoms with van der Waals surface area (Å²) >= 11 is 0. The van der Waals surface area contributed by atoms with Crippen LogP contribution in [0.4, 0.5) is 10.5 Å². The molecule has 36 heavy (non-hydrogen) atoms. The maximum atomic E-state index is 13.5. The number of fused-ring (bicyclic) bond motifs is 1. The number of amides is 1. The lowest BCUT2D eigenvalue weighted by molar-refractivity contribution is -0.151. The molecule has 7 heteroatoms. The van der Waals surface area contributed by atoms with Crippen molar-refractivity contribution in [1.29, 1.82) is 0 Å². The van der Waals surface area contributed by atoms with Crippen molar-refractivity contribution in [2.45, 2.75) is 13.0 Å². The maximum Gasteiger partial charge on any atom is 0.410 e. The molecule has 2 aliphatic heterocycles. The number of carbonyl (C=O) groups excluding carboxylic acids is 2. The zero-order chi connectivity index (χ0) is 25.0. The van der Waals surface area contributed by atoms with Gasteiger partial charge in [-0.1, -0.05) is 78.9 Å². The van der Waals surface area contributed by atoms with Crippen LogP contribution in [-0.2, 0) is 20.9 Å². The molecule has 1 atom stereocenters. The number of hydrogen-bond acceptors (Lipinski definition) is 6. The van der Waals surface area contributed by atoms with Gasteiger partial charge in [0.15, 0.2) is 0 Å². The molecule has 2 aliphatic rings. The Bertz CT molecular complexity index is 1290. The van der Waals surface area contributed by atoms with Crippen molar-refractivity contribution in [3.8, 4) is 0 Å². The summed E-state index contributed by atoms with van der Waals surface area (Å²) in [5.41, 5.74) is 2.93. The number of para-hydroxylation sites is 1. The number of rotatable bonds is 5. The smallest absolute Gasteiger partial charge is 0.410 e. The molecule has 5 rings (SSSR count). The van der Waals surface area contributed by atoms with Crippen LogP contribution < -0.4 is 5.01 Å². The second-order valence-electron chi connectivity index (χ2n) is 8.82. The highest BCUT2D eigenvalue weighted by Crippen LogP contribution is 2.45. The molecule has 0 aromatic heterocycles. The average molecular weight is 482 g/mol. The number of methoxy groups -OCH3 is 1. The Hall–Kier alpha value is -4.39. The van der Waals surface area contributed by atoms with Crippen LogP contribution >= 0.6 is 0 Å². The maximum absolute atomic E-state index is 13.5. The van der Waals surface area contributed by atoms with E-state index in [9.17, 15) is 9.59 Å². The number of nitrogens with zero attached hydrogens (tertiary/aromatic N) is 3. The summed E-state index contributed by atoms with van der Waals surface area (Å²) in [7, 11) is 1.38. The standard InChI is InChI=1S/C29H27N3O4/c1-35-27(33)29-19-25(23-13-7-3-8-14-23)30-32(24-15-9-4-10-16-24)26(29)17-18-31(21-29)28(34)36-20-22-11-5-2-6-12-22/h2-17H,18-21H2,1H3. The molecular weight excluding hydrogens is 454 g/mol. The van der Waals surface area contributed by atoms with Crippen molar-refractivity contribution in [3.63, 3.8) is 0 Å². The summed E-state index contributed by atoms with van der Waals surface area (Å²) in [6.45, 7) is 0.570. The van der Waals surface area contributed by atoms with Gasteiger partial charge in [0, 0.05) is 19.5 Å². The number of hydrogen-bond donors (Lipinski definition) is 0. The molecule has 0 aliphatic carbocycles. The Morgan fingerprint density at radius 2 is 1.56 bits per heavy atom. The third-order valence-corrected chi connectivity index (χ3v) is 6.52. The first-order chi connectivity index (χ1) is 17.6. The third-order valence-electron chi connectivity index (χ3n) is 6.52. The quantitative estimate of drug-likeness (QED) is 0.480. The second kappa shape index (κ2) is 10.1. The fourth-order valence-electron chi connectivity index (χ4n) is 4.74. The highest BCUT2D eigenvalue weighted by molar-refractivity contribution is 6.06. The van der Waals surface area contributed by atoms with Gasteiger partial charge in [0.2, 0.25) is 0 Å². The minimum atomic E-state index is -1.14. The van der Waals surface area contributed by atoms with Gasteiger partial charge < -0.3 is 14.4 Å². The molecule has 182 valence electrons. The summed E-state index contributed by atoms with van der Waals surface area (Å²) < 4.78 is 10.9. The van der Waals surface area contributed by atoms with Gasteiger partial charge in [-0.25, -0.2) is 9.80 Å². The van der Waals surface area contributed by atoms with Crippen molar-refractivity contribution in [3.05, 3.63) is 114 Å². The van der Waals surface area contributed by atoms with Crippen LogP contribution in [0.25, 0.3) is 0 Å². The highest BCUT2D eigenvalue weighted by Gasteiger charge is 2.53. The van der Waals surface area contributed by atoms with Crippen molar-refractivity contribution in [2.75, 3.05) is 25.2 Å². The Balaban J connectivity index is 1.52. The summed E-state index contributed by atoms with van der Waals surface area (Å²) in [4.78, 5) is 28.1. The largest absolute Gasteiger partial charge is 0.468 e. The van der Waals surface area contributed by atoms with Gasteiger partial charge in [-0.15, -0.1) is 0 Å². The Morgan fingerprint density at radius 1 is 0.917 bits per heavy atom. The molecule has 7 nitrogen and oxygen atoms in total. The van der Waals surface area contributed by atoms with Gasteiger partial charge in [-0.05, 0) is 29.3 Å². The van der Waals surface area contributed by atoms with Crippen LogP contribution in [0.5, 0.6) is 0 Å². The van der Waals surface area contributed by atoms with E-state index in [1.54, 1.807) is 9.91 Å². The Kier molecular flexibility index (Phi) is 6.54. The van der Waals surface area contributed by atoms with Crippen LogP contribution in [-0.4, -0.2) is 42.9 Å². The van der Waals surface area contributed by atoms with E-state index in [1.165, 1.54) is 7.11 Å². The summed E-state index contributed by atoms with van der Waals surface area (Å²) in [5, 5.41) is 6.75. The van der Waals surface area contributed by atoms with E-state index in [-0.39, 0.29) is 13.2 Å². The number of benzene rings is 3. The zero-order valence-electron chi connectivity index (χ0n) is 20.0. The lowest BCUT2D eigenvalue weighted by Gasteiger charge is -2.46. The minimum Gasteiger partial charge on any atom is -0.468 e. The van der Waals surface area contributed by atoms with Gasteiger partial charge in [0.25, 0.3) is 0 Å². The molecular formula is C29H27N3O4. The molecule has 3 aromatic carbocycles. The van der Waals surface area contributed by atoms with E-state index in [0.29, 0.717) is 18.7 Å². The van der Waals surface area contributed by atoms with Crippen LogP contribution in [0, 0.1) is 5.41 Å². The fraction of sp³-hybridized carbons (Fsp3) is 0.207. The SMILES string of the molecule is COC(=O)C12CC(c3ccccc3)=NN(c3ccccc3)C1=CCN(C(=O)OCc1ccccc1)C2. The summed E-state index contributed by atoms with van der Waals surface area (Å²) in [6, 6.07) is 28.9. The van der Waals surface area contributed by atoms with Crippen LogP contribution in [0.2, 0.25) is 0 Å². The van der Waals surface area contributed by atoms with Crippen molar-refractivity contribution < 1.29 is 19.1 Å². The van der Waals surface area contributed by atoms with E-state index >= 15 is 0 Å². The lowest BCUT2D eigenvalue weighted by Crippen LogP contribution is -2.56. The van der Waals surface area contributed by atoms with E-state index < -0.39 is 17.5 Å². The highest BCUT2D eigenvalue weighted by atomic mass is 16.6. The Labute approximate surface area is 210 Å². The molecule has 1 amide bonds. The number of hydrazone groups is 1. The van der Waals surface area contributed by atoms with Gasteiger partial charge in [0.05, 0.1) is 24.2 Å². The Morgan fingerprint density at radius 3 is 2.22 bits per heavy atom. The molecule has 0 radical (unpaired) electrons. The van der Waals surface area contributed by atoms with Gasteiger partial charge in [-0.3, -0.25) is 4.79 Å². The predicted molar refractivity (Wildman–Crippen MR) is 137 cm³/mol. The van der Waals surface area contributed by atoms with Gasteiger partial charge >= 0.3 is 12.1 Å². The second-order valence-corrected chi connectivity index (χ2v) is 8.82. The lowest BCUT2D eigenvalue weighted by atomic mass is 9.74. The molecule has 0 fully saturated rings. The summed E-state index contributed by atoms with van der Waals surface area (Å²) in [5.74, 6) is -0.418. The van der Waals surface area contributed by atoms with Gasteiger partial charge in [0.1, 0.15) is 12.0 Å². The van der Waals surface area contributed by atoms with Crippen LogP contribution in [0.3, 0.4) is 0 Å². The topological polar surface area (TPSA) is 71.4 Å². The monoisotopic (exact) mass is 481 g/mol. The number of anilines is 1. The first-order valence-corrected chi connectivity index (χ1v) is 11.8. The number of carbonyl (C=O) groups is 2. The van der Waals surface area contributed by atoms with E-state index in [2.05, 4.69) is 0 Å². The molecule has 0 spiro atoms. The third kappa shape index (κ3) is 4.47. The van der Waals surface area contributed by atoms with Crippen LogP contribution in [0.15, 0.2) is 108 Å². The van der Waals surface area contributed by atoms with Crippen molar-refractivity contribution in [1.82, 2.24) is 4.90 Å². The molecule has 1 unspecified atom stereocenters. The molecule has 3 aromatic rings. The van der Waals surface area contributed by atoms with Crippen LogP contribution in [0.1, 0.15) is 17.5 Å². The average Bonchev–Trinajstić information content (AvgIpc) is 2.95. The van der Waals surface area contributed by atoms with E-state index in [4.69, 9.17) is 14.6 Å². The van der Waals surface area contributed by atoms with E-state index in [1.807, 2.05) is 97.1 Å². The molecule has 0 bridgehead atoms. The van der Waals surface area contributed by atoms with Crippen molar-refractivity contribution in [2.24, 2.45) is 10.5 Å². The zero-order valence-corrected chi connectivity index (χ0v) is 20.0. The van der Waals surface area contributed by atoms with Gasteiger partial charge in [-0.2, -0.15) is 5.10 Å². The molecule has 0 saturated carbocycles. The molecule has 2 heterocycles. The first-order valence-electron chi connectivity index (χ1n) is 11.8. The van der Waals surface area contributed by atoms with Crippen molar-refractivity contribution >= 4 is 23.5 Å². The first kappa shape index (κ1) is 23.4. The van der Waals surface area contributed by atoms with E-state index in [0.717, 1.165) is 22.5 Å². The predicted octanol–water partition coefficient (Wildman–Crippen LogP) is 5.00. The number of esters is 1. The molecule has 0 N–H and O–H groups in total. The minimum absolute atomic E-state index is 0.119. The normalized spacial score (nSPS) is 19.0. The summed E-state index contributed by atoms with van der Waals surface area (Å²) in [6.07, 6.45) is 1.69. The molecule has 0 saturated heterocycles. The fourth-order valence-corrected chi connectivity index (χ4v) is 4.74. The number of ether oxygens (including phenoxy) is 2.